The number of nitrogens with zero attached hydrogens (tertiary/aromatic N) is 1. The summed E-state index contributed by atoms with van der Waals surface area (Å²) >= 11 is 0. The zero-order valence-electron chi connectivity index (χ0n) is 10.6. The standard InChI is InChI=1S/C14H22N2/c1-11-6-4-7-12(10-15)13(11)16-9-5-8-14(16,2)3/h4,6-7H,5,8-10,15H2,1-3H3. The topological polar surface area (TPSA) is 29.3 Å². The Balaban J connectivity index is 2.47. The van der Waals surface area contributed by atoms with Gasteiger partial charge in [0.2, 0.25) is 0 Å². The second-order valence-corrected chi connectivity index (χ2v) is 5.35. The van der Waals surface area contributed by atoms with Gasteiger partial charge in [0.05, 0.1) is 0 Å². The lowest BCUT2D eigenvalue weighted by Crippen LogP contribution is -2.39. The summed E-state index contributed by atoms with van der Waals surface area (Å²) in [7, 11) is 0. The molecule has 0 aromatic heterocycles. The van der Waals surface area contributed by atoms with Gasteiger partial charge in [-0.05, 0) is 44.7 Å². The smallest absolute Gasteiger partial charge is 0.0445 e. The van der Waals surface area contributed by atoms with Gasteiger partial charge in [0.1, 0.15) is 0 Å². The number of benzene rings is 1. The van der Waals surface area contributed by atoms with Crippen molar-refractivity contribution in [2.45, 2.75) is 45.7 Å². The zero-order valence-corrected chi connectivity index (χ0v) is 10.6. The fourth-order valence-corrected chi connectivity index (χ4v) is 2.79. The Bertz CT molecular complexity index is 382. The van der Waals surface area contributed by atoms with E-state index in [1.807, 2.05) is 0 Å². The molecule has 0 radical (unpaired) electrons. The summed E-state index contributed by atoms with van der Waals surface area (Å²) < 4.78 is 0. The van der Waals surface area contributed by atoms with E-state index in [0.717, 1.165) is 6.54 Å². The third-order valence-corrected chi connectivity index (χ3v) is 3.71. The first kappa shape index (κ1) is 11.5. The molecule has 1 aromatic rings. The van der Waals surface area contributed by atoms with Crippen molar-refractivity contribution >= 4 is 5.69 Å². The summed E-state index contributed by atoms with van der Waals surface area (Å²) in [6.45, 7) is 8.62. The second kappa shape index (κ2) is 4.10. The molecule has 2 rings (SSSR count). The number of hydrogen-bond acceptors (Lipinski definition) is 2. The molecule has 1 saturated heterocycles. The first-order valence-electron chi connectivity index (χ1n) is 6.12. The van der Waals surface area contributed by atoms with Crippen LogP contribution in [-0.2, 0) is 6.54 Å². The molecule has 0 unspecified atom stereocenters. The monoisotopic (exact) mass is 218 g/mol. The van der Waals surface area contributed by atoms with Gasteiger partial charge >= 0.3 is 0 Å². The molecule has 1 heterocycles. The molecule has 2 nitrogen and oxygen atoms in total. The van der Waals surface area contributed by atoms with Crippen LogP contribution < -0.4 is 10.6 Å². The quantitative estimate of drug-likeness (QED) is 0.827. The fraction of sp³-hybridized carbons (Fsp3) is 0.571. The van der Waals surface area contributed by atoms with Gasteiger partial charge in [-0.25, -0.2) is 0 Å². The van der Waals surface area contributed by atoms with Crippen molar-refractivity contribution in [3.63, 3.8) is 0 Å². The molecular weight excluding hydrogens is 196 g/mol. The molecule has 1 aliphatic rings. The SMILES string of the molecule is Cc1cccc(CN)c1N1CCCC1(C)C. The van der Waals surface area contributed by atoms with E-state index in [2.05, 4.69) is 43.9 Å². The summed E-state index contributed by atoms with van der Waals surface area (Å²) in [6.07, 6.45) is 2.55. The molecule has 0 amide bonds. The molecule has 0 atom stereocenters. The van der Waals surface area contributed by atoms with Gasteiger partial charge in [0, 0.05) is 24.3 Å². The van der Waals surface area contributed by atoms with Crippen molar-refractivity contribution in [3.8, 4) is 0 Å². The maximum Gasteiger partial charge on any atom is 0.0445 e. The molecule has 1 fully saturated rings. The highest BCUT2D eigenvalue weighted by Gasteiger charge is 2.33. The van der Waals surface area contributed by atoms with Crippen molar-refractivity contribution < 1.29 is 0 Å². The first-order valence-corrected chi connectivity index (χ1v) is 6.12. The largest absolute Gasteiger partial charge is 0.366 e. The van der Waals surface area contributed by atoms with E-state index in [0.29, 0.717) is 6.54 Å². The van der Waals surface area contributed by atoms with E-state index in [1.165, 1.54) is 29.7 Å². The molecular formula is C14H22N2. The number of aryl methyl sites for hydroxylation is 1. The molecule has 16 heavy (non-hydrogen) atoms. The van der Waals surface area contributed by atoms with Gasteiger partial charge in [-0.1, -0.05) is 18.2 Å². The van der Waals surface area contributed by atoms with Gasteiger partial charge in [0.25, 0.3) is 0 Å². The van der Waals surface area contributed by atoms with Crippen LogP contribution in [0.5, 0.6) is 0 Å². The Morgan fingerprint density at radius 3 is 2.69 bits per heavy atom. The van der Waals surface area contributed by atoms with Crippen LogP contribution in [0, 0.1) is 6.92 Å². The molecule has 0 spiro atoms. The maximum absolute atomic E-state index is 5.85. The van der Waals surface area contributed by atoms with E-state index >= 15 is 0 Å². The number of hydrogen-bond donors (Lipinski definition) is 1. The van der Waals surface area contributed by atoms with Crippen LogP contribution in [0.2, 0.25) is 0 Å². The highest BCUT2D eigenvalue weighted by atomic mass is 15.2. The fourth-order valence-electron chi connectivity index (χ4n) is 2.79. The van der Waals surface area contributed by atoms with E-state index in [4.69, 9.17) is 5.73 Å². The minimum absolute atomic E-state index is 0.274. The first-order chi connectivity index (χ1) is 7.56. The minimum Gasteiger partial charge on any atom is -0.366 e. The maximum atomic E-state index is 5.85. The lowest BCUT2D eigenvalue weighted by molar-refractivity contribution is 0.516. The summed E-state index contributed by atoms with van der Waals surface area (Å²) in [4.78, 5) is 2.53. The van der Waals surface area contributed by atoms with Gasteiger partial charge < -0.3 is 10.6 Å². The van der Waals surface area contributed by atoms with Crippen molar-refractivity contribution in [3.05, 3.63) is 29.3 Å². The van der Waals surface area contributed by atoms with Crippen LogP contribution in [0.4, 0.5) is 5.69 Å². The minimum atomic E-state index is 0.274. The average Bonchev–Trinajstić information content (AvgIpc) is 2.57. The van der Waals surface area contributed by atoms with Crippen molar-refractivity contribution in [1.29, 1.82) is 0 Å². The van der Waals surface area contributed by atoms with Crippen LogP contribution in [0.15, 0.2) is 18.2 Å². The van der Waals surface area contributed by atoms with Crippen molar-refractivity contribution in [1.82, 2.24) is 0 Å². The molecule has 1 aromatic carbocycles. The number of para-hydroxylation sites is 1. The Hall–Kier alpha value is -1.02. The van der Waals surface area contributed by atoms with Crippen LogP contribution in [0.25, 0.3) is 0 Å². The summed E-state index contributed by atoms with van der Waals surface area (Å²) in [6, 6.07) is 6.43. The molecule has 2 N–H and O–H groups in total. The number of anilines is 1. The lowest BCUT2D eigenvalue weighted by Gasteiger charge is -2.36. The lowest BCUT2D eigenvalue weighted by atomic mass is 9.99. The molecule has 2 heteroatoms. The Labute approximate surface area is 98.4 Å². The van der Waals surface area contributed by atoms with Crippen LogP contribution in [0.3, 0.4) is 0 Å². The number of rotatable bonds is 2. The third-order valence-electron chi connectivity index (χ3n) is 3.71. The predicted molar refractivity (Wildman–Crippen MR) is 69.7 cm³/mol. The normalized spacial score (nSPS) is 19.1. The van der Waals surface area contributed by atoms with Crippen molar-refractivity contribution in [2.75, 3.05) is 11.4 Å². The van der Waals surface area contributed by atoms with E-state index in [1.54, 1.807) is 0 Å². The second-order valence-electron chi connectivity index (χ2n) is 5.35. The van der Waals surface area contributed by atoms with E-state index in [9.17, 15) is 0 Å². The van der Waals surface area contributed by atoms with Gasteiger partial charge in [0.15, 0.2) is 0 Å². The van der Waals surface area contributed by atoms with Crippen LogP contribution in [0.1, 0.15) is 37.8 Å². The summed E-state index contributed by atoms with van der Waals surface area (Å²) in [5, 5.41) is 0. The molecule has 88 valence electrons. The van der Waals surface area contributed by atoms with Gasteiger partial charge in [-0.2, -0.15) is 0 Å². The Kier molecular flexibility index (Phi) is 2.94. The summed E-state index contributed by atoms with van der Waals surface area (Å²) in [5.74, 6) is 0. The van der Waals surface area contributed by atoms with Gasteiger partial charge in [-0.3, -0.25) is 0 Å². The van der Waals surface area contributed by atoms with Gasteiger partial charge in [-0.15, -0.1) is 0 Å². The van der Waals surface area contributed by atoms with Crippen molar-refractivity contribution in [2.24, 2.45) is 5.73 Å². The summed E-state index contributed by atoms with van der Waals surface area (Å²) in [5.41, 5.74) is 10.1. The Morgan fingerprint density at radius 1 is 1.38 bits per heavy atom. The third kappa shape index (κ3) is 1.82. The number of nitrogens with two attached hydrogens (primary N) is 1. The van der Waals surface area contributed by atoms with E-state index < -0.39 is 0 Å². The zero-order chi connectivity index (χ0) is 11.8. The van der Waals surface area contributed by atoms with E-state index in [-0.39, 0.29) is 5.54 Å². The molecule has 0 saturated carbocycles. The van der Waals surface area contributed by atoms with Crippen LogP contribution in [-0.4, -0.2) is 12.1 Å². The predicted octanol–water partition coefficient (Wildman–Crippen LogP) is 2.83. The Morgan fingerprint density at radius 2 is 2.12 bits per heavy atom. The highest BCUT2D eigenvalue weighted by molar-refractivity contribution is 5.61. The average molecular weight is 218 g/mol. The molecule has 1 aliphatic heterocycles. The molecule has 0 aliphatic carbocycles. The van der Waals surface area contributed by atoms with Crippen LogP contribution >= 0.6 is 0 Å². The molecule has 0 bridgehead atoms. The highest BCUT2D eigenvalue weighted by Crippen LogP contribution is 2.37.